The molecule has 21 heavy (non-hydrogen) atoms. The minimum Gasteiger partial charge on any atom is -0.497 e. The molecule has 4 heteroatoms. The topological polar surface area (TPSA) is 38.7 Å². The van der Waals surface area contributed by atoms with Gasteiger partial charge in [0.05, 0.1) is 13.2 Å². The molecule has 2 aromatic rings. The third-order valence-corrected chi connectivity index (χ3v) is 4.71. The third-order valence-electron chi connectivity index (χ3n) is 3.85. The molecule has 0 radical (unpaired) electrons. The summed E-state index contributed by atoms with van der Waals surface area (Å²) in [5, 5.41) is 10.3. The van der Waals surface area contributed by atoms with E-state index in [1.54, 1.807) is 7.11 Å². The van der Waals surface area contributed by atoms with Gasteiger partial charge in [0.1, 0.15) is 17.6 Å². The molecule has 110 valence electrons. The van der Waals surface area contributed by atoms with Gasteiger partial charge in [-0.2, -0.15) is 0 Å². The first-order valence-corrected chi connectivity index (χ1v) is 7.66. The van der Waals surface area contributed by atoms with Gasteiger partial charge in [0, 0.05) is 22.5 Å². The van der Waals surface area contributed by atoms with E-state index in [1.165, 1.54) is 5.56 Å². The predicted octanol–water partition coefficient (Wildman–Crippen LogP) is 4.32. The molecule has 1 heterocycles. The summed E-state index contributed by atoms with van der Waals surface area (Å²) in [5.41, 5.74) is 3.05. The van der Waals surface area contributed by atoms with Crippen molar-refractivity contribution < 1.29 is 14.6 Å². The molecule has 3 rings (SSSR count). The summed E-state index contributed by atoms with van der Waals surface area (Å²) in [5.74, 6) is 1.42. The number of aliphatic hydroxyl groups is 1. The van der Waals surface area contributed by atoms with E-state index in [4.69, 9.17) is 9.47 Å². The second kappa shape index (κ2) is 5.70. The lowest BCUT2D eigenvalue weighted by Crippen LogP contribution is -2.19. The molecule has 0 aliphatic carbocycles. The molecule has 0 saturated carbocycles. The molecule has 1 N–H and O–H groups in total. The maximum Gasteiger partial charge on any atom is 0.129 e. The molecule has 0 aromatic heterocycles. The van der Waals surface area contributed by atoms with E-state index in [-0.39, 0.29) is 6.10 Å². The summed E-state index contributed by atoms with van der Waals surface area (Å²) in [7, 11) is 1.62. The number of aliphatic hydroxyl groups excluding tert-OH is 1. The summed E-state index contributed by atoms with van der Waals surface area (Å²) < 4.78 is 12.3. The third kappa shape index (κ3) is 2.78. The van der Waals surface area contributed by atoms with Crippen LogP contribution in [0.4, 0.5) is 0 Å². The molecule has 1 aliphatic heterocycles. The van der Waals surface area contributed by atoms with Crippen LogP contribution in [-0.2, 0) is 0 Å². The van der Waals surface area contributed by atoms with Gasteiger partial charge in [0.25, 0.3) is 0 Å². The monoisotopic (exact) mass is 348 g/mol. The van der Waals surface area contributed by atoms with Crippen LogP contribution in [0.25, 0.3) is 0 Å². The molecule has 3 nitrogen and oxygen atoms in total. The fraction of sp³-hybridized carbons (Fsp3) is 0.294. The van der Waals surface area contributed by atoms with E-state index in [1.807, 2.05) is 31.2 Å². The van der Waals surface area contributed by atoms with Crippen molar-refractivity contribution >= 4 is 15.9 Å². The zero-order valence-electron chi connectivity index (χ0n) is 12.0. The first kappa shape index (κ1) is 14.4. The number of fused-ring (bicyclic) bond motifs is 1. The van der Waals surface area contributed by atoms with Crippen LogP contribution < -0.4 is 9.47 Å². The smallest absolute Gasteiger partial charge is 0.129 e. The molecule has 1 unspecified atom stereocenters. The molecule has 2 aromatic carbocycles. The van der Waals surface area contributed by atoms with Gasteiger partial charge in [-0.25, -0.2) is 0 Å². The van der Waals surface area contributed by atoms with Crippen LogP contribution in [0.2, 0.25) is 0 Å². The average Bonchev–Trinajstić information content (AvgIpc) is 2.49. The number of aryl methyl sites for hydroxylation is 1. The van der Waals surface area contributed by atoms with E-state index in [9.17, 15) is 5.11 Å². The Bertz CT molecular complexity index is 669. The van der Waals surface area contributed by atoms with Gasteiger partial charge in [0.2, 0.25) is 0 Å². The Morgan fingerprint density at radius 1 is 1.24 bits per heavy atom. The molecule has 2 atom stereocenters. The molecular formula is C17H17BrO3. The van der Waals surface area contributed by atoms with Crippen molar-refractivity contribution in [3.05, 3.63) is 57.6 Å². The zero-order chi connectivity index (χ0) is 15.0. The molecule has 1 aliphatic rings. The first-order valence-electron chi connectivity index (χ1n) is 6.87. The normalized spacial score (nSPS) is 20.6. The van der Waals surface area contributed by atoms with E-state index in [0.717, 1.165) is 21.3 Å². The summed E-state index contributed by atoms with van der Waals surface area (Å²) in [6.45, 7) is 2.05. The van der Waals surface area contributed by atoms with Crippen LogP contribution in [0, 0.1) is 6.92 Å². The Labute approximate surface area is 132 Å². The molecular weight excluding hydrogens is 332 g/mol. The van der Waals surface area contributed by atoms with Crippen molar-refractivity contribution in [3.63, 3.8) is 0 Å². The van der Waals surface area contributed by atoms with Gasteiger partial charge in [-0.15, -0.1) is 0 Å². The van der Waals surface area contributed by atoms with Gasteiger partial charge in [0.15, 0.2) is 0 Å². The number of ether oxygens (including phenoxy) is 2. The van der Waals surface area contributed by atoms with Crippen LogP contribution >= 0.6 is 15.9 Å². The van der Waals surface area contributed by atoms with E-state index >= 15 is 0 Å². The quantitative estimate of drug-likeness (QED) is 0.877. The lowest BCUT2D eigenvalue weighted by molar-refractivity contribution is 0.0654. The van der Waals surface area contributed by atoms with Crippen molar-refractivity contribution in [1.82, 2.24) is 0 Å². The molecule has 0 spiro atoms. The number of halogens is 1. The zero-order valence-corrected chi connectivity index (χ0v) is 13.6. The SMILES string of the molecule is COc1ccc2c(c1)OC(c1ccc(C)c(Br)c1)C[C@H]2O. The number of methoxy groups -OCH3 is 1. The fourth-order valence-corrected chi connectivity index (χ4v) is 2.96. The fourth-order valence-electron chi connectivity index (χ4n) is 2.56. The number of hydrogen-bond acceptors (Lipinski definition) is 3. The number of rotatable bonds is 2. The maximum absolute atomic E-state index is 10.3. The lowest BCUT2D eigenvalue weighted by atomic mass is 9.94. The molecule has 0 fully saturated rings. The highest BCUT2D eigenvalue weighted by Crippen LogP contribution is 2.42. The van der Waals surface area contributed by atoms with E-state index in [2.05, 4.69) is 28.1 Å². The van der Waals surface area contributed by atoms with Crippen molar-refractivity contribution in [3.8, 4) is 11.5 Å². The van der Waals surface area contributed by atoms with E-state index < -0.39 is 6.10 Å². The van der Waals surface area contributed by atoms with Crippen molar-refractivity contribution in [2.45, 2.75) is 25.6 Å². The van der Waals surface area contributed by atoms with Crippen LogP contribution in [0.1, 0.15) is 35.3 Å². The largest absolute Gasteiger partial charge is 0.497 e. The Morgan fingerprint density at radius 2 is 2.05 bits per heavy atom. The summed E-state index contributed by atoms with van der Waals surface area (Å²) in [6.07, 6.45) is -0.129. The van der Waals surface area contributed by atoms with Gasteiger partial charge in [-0.1, -0.05) is 28.1 Å². The summed E-state index contributed by atoms with van der Waals surface area (Å²) in [4.78, 5) is 0. The van der Waals surface area contributed by atoms with Crippen LogP contribution in [0.15, 0.2) is 40.9 Å². The van der Waals surface area contributed by atoms with E-state index in [0.29, 0.717) is 12.2 Å². The summed E-state index contributed by atoms with van der Waals surface area (Å²) in [6, 6.07) is 11.7. The second-order valence-electron chi connectivity index (χ2n) is 5.27. The van der Waals surface area contributed by atoms with Crippen LogP contribution in [0.5, 0.6) is 11.5 Å². The highest BCUT2D eigenvalue weighted by molar-refractivity contribution is 9.10. The second-order valence-corrected chi connectivity index (χ2v) is 6.12. The summed E-state index contributed by atoms with van der Waals surface area (Å²) >= 11 is 3.54. The van der Waals surface area contributed by atoms with Crippen molar-refractivity contribution in [1.29, 1.82) is 0 Å². The Morgan fingerprint density at radius 3 is 2.76 bits per heavy atom. The first-order chi connectivity index (χ1) is 10.1. The van der Waals surface area contributed by atoms with Gasteiger partial charge in [-0.05, 0) is 36.2 Å². The standard InChI is InChI=1S/C17H17BrO3/c1-10-3-4-11(7-14(10)18)16-9-15(19)13-6-5-12(20-2)8-17(13)21-16/h3-8,15-16,19H,9H2,1-2H3/t15-,16?/m1/s1. The van der Waals surface area contributed by atoms with Gasteiger partial charge < -0.3 is 14.6 Å². The van der Waals surface area contributed by atoms with Crippen molar-refractivity contribution in [2.24, 2.45) is 0 Å². The average molecular weight is 349 g/mol. The molecule has 0 saturated heterocycles. The number of hydrogen-bond donors (Lipinski definition) is 1. The maximum atomic E-state index is 10.3. The lowest BCUT2D eigenvalue weighted by Gasteiger charge is -2.30. The van der Waals surface area contributed by atoms with Crippen LogP contribution in [0.3, 0.4) is 0 Å². The highest BCUT2D eigenvalue weighted by Gasteiger charge is 2.28. The Balaban J connectivity index is 1.94. The van der Waals surface area contributed by atoms with Gasteiger partial charge >= 0.3 is 0 Å². The Kier molecular flexibility index (Phi) is 3.91. The predicted molar refractivity (Wildman–Crippen MR) is 84.8 cm³/mol. The number of benzene rings is 2. The molecule has 0 bridgehead atoms. The minimum atomic E-state index is -0.523. The van der Waals surface area contributed by atoms with Crippen molar-refractivity contribution in [2.75, 3.05) is 7.11 Å². The highest BCUT2D eigenvalue weighted by atomic mass is 79.9. The Hall–Kier alpha value is -1.52. The minimum absolute atomic E-state index is 0.156. The molecule has 0 amide bonds. The van der Waals surface area contributed by atoms with Crippen LogP contribution in [-0.4, -0.2) is 12.2 Å². The van der Waals surface area contributed by atoms with Gasteiger partial charge in [-0.3, -0.25) is 0 Å².